The van der Waals surface area contributed by atoms with E-state index in [2.05, 4.69) is 10.6 Å². The minimum absolute atomic E-state index is 0.209. The van der Waals surface area contributed by atoms with E-state index in [4.69, 9.17) is 5.73 Å². The van der Waals surface area contributed by atoms with E-state index in [1.54, 1.807) is 0 Å². The molecule has 2 aromatic rings. The standard InChI is InChI=1S/C14H12F3N3O/c1-19-14(21)7-2-3-11(18)13(4-7)20-12-6-9(16)8(15)5-10(12)17/h2-6,20H,18H2,1H3,(H,19,21). The number of nitrogen functional groups attached to an aromatic ring is 1. The molecular formula is C14H12F3N3O. The van der Waals surface area contributed by atoms with Gasteiger partial charge in [-0.25, -0.2) is 13.2 Å². The molecule has 1 amide bonds. The average molecular weight is 295 g/mol. The molecule has 0 aliphatic heterocycles. The number of benzene rings is 2. The van der Waals surface area contributed by atoms with Gasteiger partial charge in [-0.05, 0) is 18.2 Å². The van der Waals surface area contributed by atoms with Crippen LogP contribution in [0.3, 0.4) is 0 Å². The first-order valence-corrected chi connectivity index (χ1v) is 5.95. The second-order valence-electron chi connectivity index (χ2n) is 4.25. The molecule has 110 valence electrons. The zero-order valence-corrected chi connectivity index (χ0v) is 11.0. The molecule has 4 N–H and O–H groups in total. The predicted octanol–water partition coefficient (Wildman–Crippen LogP) is 2.79. The van der Waals surface area contributed by atoms with Gasteiger partial charge in [0.05, 0.1) is 17.1 Å². The maximum atomic E-state index is 13.6. The number of anilines is 3. The number of rotatable bonds is 3. The maximum absolute atomic E-state index is 13.6. The Morgan fingerprint density at radius 3 is 2.33 bits per heavy atom. The molecule has 0 saturated carbocycles. The molecule has 0 atom stereocenters. The number of amides is 1. The van der Waals surface area contributed by atoms with Gasteiger partial charge in [0.2, 0.25) is 0 Å². The minimum atomic E-state index is -1.29. The lowest BCUT2D eigenvalue weighted by atomic mass is 10.1. The summed E-state index contributed by atoms with van der Waals surface area (Å²) < 4.78 is 39.6. The molecule has 2 rings (SSSR count). The largest absolute Gasteiger partial charge is 0.397 e. The molecule has 0 spiro atoms. The maximum Gasteiger partial charge on any atom is 0.251 e. The number of nitrogens with two attached hydrogens (primary N) is 1. The molecule has 0 bridgehead atoms. The number of nitrogens with one attached hydrogen (secondary N) is 2. The number of hydrogen-bond donors (Lipinski definition) is 3. The Morgan fingerprint density at radius 1 is 1.00 bits per heavy atom. The van der Waals surface area contributed by atoms with Crippen LogP contribution in [0.2, 0.25) is 0 Å². The Balaban J connectivity index is 2.39. The van der Waals surface area contributed by atoms with Crippen molar-refractivity contribution < 1.29 is 18.0 Å². The van der Waals surface area contributed by atoms with Crippen LogP contribution in [0.5, 0.6) is 0 Å². The van der Waals surface area contributed by atoms with Gasteiger partial charge in [-0.1, -0.05) is 0 Å². The molecule has 4 nitrogen and oxygen atoms in total. The summed E-state index contributed by atoms with van der Waals surface area (Å²) in [5.41, 5.74) is 6.16. The fourth-order valence-electron chi connectivity index (χ4n) is 1.71. The molecule has 0 aliphatic carbocycles. The van der Waals surface area contributed by atoms with E-state index in [0.29, 0.717) is 12.1 Å². The fourth-order valence-corrected chi connectivity index (χ4v) is 1.71. The molecular weight excluding hydrogens is 283 g/mol. The van der Waals surface area contributed by atoms with E-state index in [-0.39, 0.29) is 28.5 Å². The van der Waals surface area contributed by atoms with Crippen molar-refractivity contribution in [3.05, 3.63) is 53.3 Å². The van der Waals surface area contributed by atoms with E-state index < -0.39 is 17.5 Å². The third kappa shape index (κ3) is 3.07. The lowest BCUT2D eigenvalue weighted by Gasteiger charge is -2.12. The number of halogens is 3. The summed E-state index contributed by atoms with van der Waals surface area (Å²) in [6.45, 7) is 0. The highest BCUT2D eigenvalue weighted by molar-refractivity contribution is 5.96. The number of carbonyl (C=O) groups is 1. The third-order valence-electron chi connectivity index (χ3n) is 2.82. The first kappa shape index (κ1) is 14.7. The van der Waals surface area contributed by atoms with Crippen molar-refractivity contribution in [3.8, 4) is 0 Å². The molecule has 7 heteroatoms. The number of hydrogen-bond acceptors (Lipinski definition) is 3. The average Bonchev–Trinajstić information content (AvgIpc) is 2.46. The van der Waals surface area contributed by atoms with Gasteiger partial charge in [0.1, 0.15) is 5.82 Å². The molecule has 0 aromatic heterocycles. The quantitative estimate of drug-likeness (QED) is 0.602. The monoisotopic (exact) mass is 295 g/mol. The summed E-state index contributed by atoms with van der Waals surface area (Å²) in [5, 5.41) is 4.97. The van der Waals surface area contributed by atoms with E-state index in [1.807, 2.05) is 0 Å². The molecule has 2 aromatic carbocycles. The number of carbonyl (C=O) groups excluding carboxylic acids is 1. The third-order valence-corrected chi connectivity index (χ3v) is 2.82. The second kappa shape index (κ2) is 5.74. The molecule has 0 aliphatic rings. The van der Waals surface area contributed by atoms with Crippen LogP contribution in [0.4, 0.5) is 30.2 Å². The van der Waals surface area contributed by atoms with E-state index >= 15 is 0 Å². The van der Waals surface area contributed by atoms with Crippen LogP contribution in [-0.2, 0) is 0 Å². The zero-order valence-electron chi connectivity index (χ0n) is 11.0. The highest BCUT2D eigenvalue weighted by Gasteiger charge is 2.12. The zero-order chi connectivity index (χ0) is 15.6. The molecule has 0 unspecified atom stereocenters. The molecule has 0 radical (unpaired) electrons. The van der Waals surface area contributed by atoms with Crippen LogP contribution >= 0.6 is 0 Å². The summed E-state index contributed by atoms with van der Waals surface area (Å²) in [6.07, 6.45) is 0. The van der Waals surface area contributed by atoms with Crippen LogP contribution in [0, 0.1) is 17.5 Å². The summed E-state index contributed by atoms with van der Waals surface area (Å²) in [4.78, 5) is 11.5. The van der Waals surface area contributed by atoms with Gasteiger partial charge in [0, 0.05) is 24.7 Å². The lowest BCUT2D eigenvalue weighted by Crippen LogP contribution is -2.18. The smallest absolute Gasteiger partial charge is 0.251 e. The summed E-state index contributed by atoms with van der Waals surface area (Å²) in [7, 11) is 1.46. The predicted molar refractivity (Wildman–Crippen MR) is 73.8 cm³/mol. The van der Waals surface area contributed by atoms with Crippen molar-refractivity contribution in [3.63, 3.8) is 0 Å². The summed E-state index contributed by atoms with van der Waals surface area (Å²) in [6, 6.07) is 5.42. The first-order valence-electron chi connectivity index (χ1n) is 5.95. The van der Waals surface area contributed by atoms with Crippen LogP contribution in [0.1, 0.15) is 10.4 Å². The van der Waals surface area contributed by atoms with Crippen LogP contribution < -0.4 is 16.4 Å². The van der Waals surface area contributed by atoms with E-state index in [1.165, 1.54) is 25.2 Å². The van der Waals surface area contributed by atoms with Gasteiger partial charge >= 0.3 is 0 Å². The summed E-state index contributed by atoms with van der Waals surface area (Å²) >= 11 is 0. The van der Waals surface area contributed by atoms with Gasteiger partial charge in [-0.2, -0.15) is 0 Å². The molecule has 0 fully saturated rings. The lowest BCUT2D eigenvalue weighted by molar-refractivity contribution is 0.0963. The van der Waals surface area contributed by atoms with Crippen LogP contribution in [0.15, 0.2) is 30.3 Å². The molecule has 0 saturated heterocycles. The topological polar surface area (TPSA) is 67.2 Å². The summed E-state index contributed by atoms with van der Waals surface area (Å²) in [5.74, 6) is -3.81. The fraction of sp³-hybridized carbons (Fsp3) is 0.0714. The van der Waals surface area contributed by atoms with Crippen LogP contribution in [0.25, 0.3) is 0 Å². The highest BCUT2D eigenvalue weighted by atomic mass is 19.2. The van der Waals surface area contributed by atoms with Crippen molar-refractivity contribution in [1.82, 2.24) is 5.32 Å². The van der Waals surface area contributed by atoms with Gasteiger partial charge < -0.3 is 16.4 Å². The Morgan fingerprint density at radius 2 is 1.67 bits per heavy atom. The molecule has 0 heterocycles. The Kier molecular flexibility index (Phi) is 4.02. The van der Waals surface area contributed by atoms with Crippen LogP contribution in [-0.4, -0.2) is 13.0 Å². The van der Waals surface area contributed by atoms with Gasteiger partial charge in [-0.15, -0.1) is 0 Å². The van der Waals surface area contributed by atoms with Gasteiger partial charge in [0.25, 0.3) is 5.91 Å². The van der Waals surface area contributed by atoms with Crippen molar-refractivity contribution >= 4 is 23.0 Å². The van der Waals surface area contributed by atoms with Gasteiger partial charge in [-0.3, -0.25) is 4.79 Å². The van der Waals surface area contributed by atoms with Crippen molar-refractivity contribution in [2.75, 3.05) is 18.1 Å². The Labute approximate surface area is 118 Å². The normalized spacial score (nSPS) is 10.3. The van der Waals surface area contributed by atoms with Crippen molar-refractivity contribution in [1.29, 1.82) is 0 Å². The van der Waals surface area contributed by atoms with E-state index in [9.17, 15) is 18.0 Å². The minimum Gasteiger partial charge on any atom is -0.397 e. The van der Waals surface area contributed by atoms with Gasteiger partial charge in [0.15, 0.2) is 11.6 Å². The Bertz CT molecular complexity index is 704. The molecule has 21 heavy (non-hydrogen) atoms. The second-order valence-corrected chi connectivity index (χ2v) is 4.25. The highest BCUT2D eigenvalue weighted by Crippen LogP contribution is 2.27. The van der Waals surface area contributed by atoms with E-state index in [0.717, 1.165) is 0 Å². The Hall–Kier alpha value is -2.70. The SMILES string of the molecule is CNC(=O)c1ccc(N)c(Nc2cc(F)c(F)cc2F)c1. The van der Waals surface area contributed by atoms with Crippen molar-refractivity contribution in [2.24, 2.45) is 0 Å². The first-order chi connectivity index (χ1) is 9.92. The van der Waals surface area contributed by atoms with Crippen molar-refractivity contribution in [2.45, 2.75) is 0 Å².